The Hall–Kier alpha value is -1.07. The minimum atomic E-state index is -0.0672. The molecule has 5 heteroatoms. The van der Waals surface area contributed by atoms with Crippen LogP contribution < -0.4 is 5.69 Å². The zero-order valence-electron chi connectivity index (χ0n) is 9.28. The van der Waals surface area contributed by atoms with Crippen LogP contribution in [0.3, 0.4) is 0 Å². The van der Waals surface area contributed by atoms with E-state index in [1.54, 1.807) is 4.57 Å². The number of hydrogen-bond donors (Lipinski definition) is 1. The van der Waals surface area contributed by atoms with Gasteiger partial charge in [-0.15, -0.1) is 0 Å². The molecule has 1 saturated heterocycles. The van der Waals surface area contributed by atoms with Crippen LogP contribution in [0.25, 0.3) is 11.0 Å². The van der Waals surface area contributed by atoms with Crippen LogP contribution in [0, 0.1) is 0 Å². The van der Waals surface area contributed by atoms with Crippen molar-refractivity contribution in [2.45, 2.75) is 25.5 Å². The van der Waals surface area contributed by atoms with Crippen molar-refractivity contribution >= 4 is 27.0 Å². The van der Waals surface area contributed by atoms with Gasteiger partial charge in [-0.05, 0) is 40.9 Å². The van der Waals surface area contributed by atoms with Crippen molar-refractivity contribution in [3.63, 3.8) is 0 Å². The molecule has 2 heterocycles. The molecule has 1 aliphatic heterocycles. The lowest BCUT2D eigenvalue weighted by molar-refractivity contribution is 0.0972. The molecule has 90 valence electrons. The van der Waals surface area contributed by atoms with Crippen LogP contribution in [0.4, 0.5) is 0 Å². The van der Waals surface area contributed by atoms with E-state index in [2.05, 4.69) is 20.9 Å². The van der Waals surface area contributed by atoms with Crippen molar-refractivity contribution in [1.29, 1.82) is 0 Å². The Labute approximate surface area is 107 Å². The van der Waals surface area contributed by atoms with Crippen LogP contribution in [0.1, 0.15) is 12.8 Å². The van der Waals surface area contributed by atoms with E-state index in [-0.39, 0.29) is 11.8 Å². The number of aromatic nitrogens is 2. The third kappa shape index (κ3) is 1.93. The highest BCUT2D eigenvalue weighted by molar-refractivity contribution is 9.10. The summed E-state index contributed by atoms with van der Waals surface area (Å²) in [6.45, 7) is 1.45. The van der Waals surface area contributed by atoms with Gasteiger partial charge in [-0.1, -0.05) is 6.07 Å². The summed E-state index contributed by atoms with van der Waals surface area (Å²) in [5.41, 5.74) is 1.72. The number of ether oxygens (including phenoxy) is 1. The molecule has 0 amide bonds. The standard InChI is InChI=1S/C12H13BrN2O2/c13-9-4-1-5-10-11(9)14-12(16)15(10)7-8-3-2-6-17-8/h1,4-5,8H,2-3,6-7H2,(H,14,16). The van der Waals surface area contributed by atoms with Crippen molar-refractivity contribution < 1.29 is 4.74 Å². The summed E-state index contributed by atoms with van der Waals surface area (Å²) in [5.74, 6) is 0. The van der Waals surface area contributed by atoms with Crippen LogP contribution >= 0.6 is 15.9 Å². The number of fused-ring (bicyclic) bond motifs is 1. The second kappa shape index (κ2) is 4.31. The number of nitrogens with one attached hydrogen (secondary N) is 1. The first-order chi connectivity index (χ1) is 8.25. The second-order valence-electron chi connectivity index (χ2n) is 4.31. The van der Waals surface area contributed by atoms with E-state index in [9.17, 15) is 4.79 Å². The van der Waals surface area contributed by atoms with Crippen LogP contribution in [-0.4, -0.2) is 22.3 Å². The highest BCUT2D eigenvalue weighted by Crippen LogP contribution is 2.22. The first-order valence-electron chi connectivity index (χ1n) is 5.74. The maximum Gasteiger partial charge on any atom is 0.326 e. The number of rotatable bonds is 2. The van der Waals surface area contributed by atoms with Gasteiger partial charge in [0.05, 0.1) is 23.7 Å². The number of benzene rings is 1. The SMILES string of the molecule is O=c1[nH]c2c(Br)cccc2n1CC1CCCO1. The molecule has 2 aromatic rings. The summed E-state index contributed by atoms with van der Waals surface area (Å²) in [7, 11) is 0. The quantitative estimate of drug-likeness (QED) is 0.924. The lowest BCUT2D eigenvalue weighted by Gasteiger charge is -2.10. The largest absolute Gasteiger partial charge is 0.376 e. The van der Waals surface area contributed by atoms with Gasteiger partial charge in [-0.25, -0.2) is 4.79 Å². The molecule has 0 saturated carbocycles. The summed E-state index contributed by atoms with van der Waals surface area (Å²) in [5, 5.41) is 0. The zero-order chi connectivity index (χ0) is 11.8. The van der Waals surface area contributed by atoms with Gasteiger partial charge in [0.2, 0.25) is 0 Å². The molecule has 1 aromatic carbocycles. The van der Waals surface area contributed by atoms with E-state index in [1.165, 1.54) is 0 Å². The molecular weight excluding hydrogens is 284 g/mol. The number of halogens is 1. The number of aromatic amines is 1. The van der Waals surface area contributed by atoms with Crippen molar-refractivity contribution in [3.8, 4) is 0 Å². The molecule has 0 radical (unpaired) electrons. The van der Waals surface area contributed by atoms with E-state index < -0.39 is 0 Å². The van der Waals surface area contributed by atoms with Gasteiger partial charge in [0, 0.05) is 11.1 Å². The van der Waals surface area contributed by atoms with Gasteiger partial charge in [-0.3, -0.25) is 4.57 Å². The normalized spacial score (nSPS) is 20.2. The average molecular weight is 297 g/mol. The van der Waals surface area contributed by atoms with E-state index in [1.807, 2.05) is 18.2 Å². The summed E-state index contributed by atoms with van der Waals surface area (Å²) >= 11 is 3.44. The number of imidazole rings is 1. The van der Waals surface area contributed by atoms with Gasteiger partial charge in [0.15, 0.2) is 0 Å². The molecule has 0 bridgehead atoms. The molecule has 1 N–H and O–H groups in total. The number of para-hydroxylation sites is 1. The molecule has 1 unspecified atom stereocenters. The number of hydrogen-bond acceptors (Lipinski definition) is 2. The third-order valence-electron chi connectivity index (χ3n) is 3.17. The maximum atomic E-state index is 11.9. The van der Waals surface area contributed by atoms with Crippen molar-refractivity contribution in [1.82, 2.24) is 9.55 Å². The lowest BCUT2D eigenvalue weighted by atomic mass is 10.2. The Morgan fingerprint density at radius 3 is 3.18 bits per heavy atom. The highest BCUT2D eigenvalue weighted by atomic mass is 79.9. The van der Waals surface area contributed by atoms with Crippen LogP contribution in [0.15, 0.2) is 27.5 Å². The van der Waals surface area contributed by atoms with Gasteiger partial charge in [0.25, 0.3) is 0 Å². The Morgan fingerprint density at radius 2 is 2.41 bits per heavy atom. The minimum Gasteiger partial charge on any atom is -0.376 e. The van der Waals surface area contributed by atoms with Crippen molar-refractivity contribution in [2.24, 2.45) is 0 Å². The first kappa shape index (κ1) is 11.0. The van der Waals surface area contributed by atoms with E-state index in [4.69, 9.17) is 4.74 Å². The van der Waals surface area contributed by atoms with E-state index in [0.29, 0.717) is 6.54 Å². The first-order valence-corrected chi connectivity index (χ1v) is 6.53. The minimum absolute atomic E-state index is 0.0672. The van der Waals surface area contributed by atoms with E-state index >= 15 is 0 Å². The smallest absolute Gasteiger partial charge is 0.326 e. The topological polar surface area (TPSA) is 47.0 Å². The Bertz CT molecular complexity index is 596. The monoisotopic (exact) mass is 296 g/mol. The predicted octanol–water partition coefficient (Wildman–Crippen LogP) is 2.27. The second-order valence-corrected chi connectivity index (χ2v) is 5.16. The van der Waals surface area contributed by atoms with Crippen molar-refractivity contribution in [2.75, 3.05) is 6.61 Å². The molecule has 0 spiro atoms. The molecule has 1 aromatic heterocycles. The zero-order valence-corrected chi connectivity index (χ0v) is 10.9. The summed E-state index contributed by atoms with van der Waals surface area (Å²) in [6.07, 6.45) is 2.30. The molecule has 4 nitrogen and oxygen atoms in total. The van der Waals surface area contributed by atoms with E-state index in [0.717, 1.165) is 35.0 Å². The fourth-order valence-electron chi connectivity index (χ4n) is 2.32. The fraction of sp³-hybridized carbons (Fsp3) is 0.417. The number of nitrogens with zero attached hydrogens (tertiary/aromatic N) is 1. The van der Waals surface area contributed by atoms with Crippen LogP contribution in [0.2, 0.25) is 0 Å². The molecule has 1 atom stereocenters. The summed E-state index contributed by atoms with van der Waals surface area (Å²) < 4.78 is 8.25. The molecule has 1 fully saturated rings. The van der Waals surface area contributed by atoms with Gasteiger partial charge in [0.1, 0.15) is 0 Å². The van der Waals surface area contributed by atoms with Crippen LogP contribution in [-0.2, 0) is 11.3 Å². The predicted molar refractivity (Wildman–Crippen MR) is 69.2 cm³/mol. The lowest BCUT2D eigenvalue weighted by Crippen LogP contribution is -2.24. The molecule has 1 aliphatic rings. The maximum absolute atomic E-state index is 11.9. The highest BCUT2D eigenvalue weighted by Gasteiger charge is 2.18. The average Bonchev–Trinajstić information content (AvgIpc) is 2.91. The molecule has 3 rings (SSSR count). The summed E-state index contributed by atoms with van der Waals surface area (Å²) in [6, 6.07) is 5.81. The molecular formula is C12H13BrN2O2. The molecule has 0 aliphatic carbocycles. The molecule has 17 heavy (non-hydrogen) atoms. The van der Waals surface area contributed by atoms with Crippen molar-refractivity contribution in [3.05, 3.63) is 33.2 Å². The Kier molecular flexibility index (Phi) is 2.80. The van der Waals surface area contributed by atoms with Gasteiger partial charge < -0.3 is 9.72 Å². The van der Waals surface area contributed by atoms with Gasteiger partial charge in [-0.2, -0.15) is 0 Å². The summed E-state index contributed by atoms with van der Waals surface area (Å²) in [4.78, 5) is 14.8. The Balaban J connectivity index is 2.06. The fourth-order valence-corrected chi connectivity index (χ4v) is 2.77. The van der Waals surface area contributed by atoms with Gasteiger partial charge >= 0.3 is 5.69 Å². The number of H-pyrrole nitrogens is 1. The van der Waals surface area contributed by atoms with Crippen LogP contribution in [0.5, 0.6) is 0 Å². The third-order valence-corrected chi connectivity index (χ3v) is 3.83. The Morgan fingerprint density at radius 1 is 1.53 bits per heavy atom.